The van der Waals surface area contributed by atoms with E-state index in [-0.39, 0.29) is 11.7 Å². The Morgan fingerprint density at radius 2 is 1.06 bits per heavy atom. The fourth-order valence-corrected chi connectivity index (χ4v) is 3.86. The lowest BCUT2D eigenvalue weighted by Crippen LogP contribution is -2.36. The van der Waals surface area contributed by atoms with Crippen molar-refractivity contribution in [3.63, 3.8) is 0 Å². The Morgan fingerprint density at radius 3 is 1.41 bits per heavy atom. The molecule has 1 unspecified atom stereocenters. The molecule has 0 saturated heterocycles. The van der Waals surface area contributed by atoms with Gasteiger partial charge in [0.1, 0.15) is 12.0 Å². The highest BCUT2D eigenvalue weighted by Crippen LogP contribution is 2.14. The first kappa shape index (κ1) is 30.1. The summed E-state index contributed by atoms with van der Waals surface area (Å²) in [6.07, 6.45) is 21.2. The van der Waals surface area contributed by atoms with Gasteiger partial charge in [-0.15, -0.1) is 0 Å². The molecule has 0 rings (SSSR count). The minimum atomic E-state index is -0.682. The Kier molecular flexibility index (Phi) is 21.1. The van der Waals surface area contributed by atoms with Gasteiger partial charge in [0.15, 0.2) is 0 Å². The second-order valence-electron chi connectivity index (χ2n) is 8.91. The number of hydrogen-bond acceptors (Lipinski definition) is 4. The van der Waals surface area contributed by atoms with E-state index in [0.717, 1.165) is 44.8 Å². The van der Waals surface area contributed by atoms with E-state index in [1.165, 1.54) is 64.2 Å². The van der Waals surface area contributed by atoms with Crippen LogP contribution >= 0.6 is 0 Å². The van der Waals surface area contributed by atoms with Gasteiger partial charge in [-0.25, -0.2) is 0 Å². The normalized spacial score (nSPS) is 11.8. The Hall–Kier alpha value is -1.85. The van der Waals surface area contributed by atoms with Crippen LogP contribution in [0.25, 0.3) is 0 Å². The van der Waals surface area contributed by atoms with E-state index >= 15 is 0 Å². The summed E-state index contributed by atoms with van der Waals surface area (Å²) in [7, 11) is 0. The molecule has 0 aromatic carbocycles. The number of carbonyl (C=O) groups excluding carboxylic acids is 2. The van der Waals surface area contributed by atoms with Crippen molar-refractivity contribution in [1.29, 1.82) is 0 Å². The molecule has 0 aromatic rings. The number of carboxylic acids is 1. The van der Waals surface area contributed by atoms with Gasteiger partial charge in [-0.1, -0.05) is 96.5 Å². The Morgan fingerprint density at radius 1 is 0.688 bits per heavy atom. The third-order valence-corrected chi connectivity index (χ3v) is 5.86. The number of aliphatic carboxylic acids is 1. The van der Waals surface area contributed by atoms with Gasteiger partial charge in [0.2, 0.25) is 5.91 Å². The van der Waals surface area contributed by atoms with Crippen LogP contribution < -0.4 is 5.32 Å². The van der Waals surface area contributed by atoms with Gasteiger partial charge < -0.3 is 20.3 Å². The van der Waals surface area contributed by atoms with E-state index in [0.29, 0.717) is 25.7 Å². The minimum Gasteiger partial charge on any atom is -0.511 e. The lowest BCUT2D eigenvalue weighted by Gasteiger charge is -2.16. The molecule has 0 spiro atoms. The summed E-state index contributed by atoms with van der Waals surface area (Å²) in [4.78, 5) is 32.8. The number of nitrogens with one attached hydrogen (secondary N) is 1. The molecule has 186 valence electrons. The number of carbonyl (C=O) groups is 3. The van der Waals surface area contributed by atoms with Crippen LogP contribution in [-0.2, 0) is 14.4 Å². The standard InChI is InChI=1S/C26H47NO5/c1-23(29)24(19-18-22-28)27-25(30)20-16-14-12-10-8-6-4-2-3-5-7-9-11-13-15-17-21-26(31)32/h22,24,29H,1-21H2,(H,27,30)(H,31,32). The minimum absolute atomic E-state index is 0.0886. The number of rotatable bonds is 24. The van der Waals surface area contributed by atoms with Crippen LogP contribution in [0, 0.1) is 0 Å². The molecule has 0 fully saturated rings. The summed E-state index contributed by atoms with van der Waals surface area (Å²) in [5, 5.41) is 20.8. The highest BCUT2D eigenvalue weighted by molar-refractivity contribution is 5.76. The maximum absolute atomic E-state index is 11.9. The Balaban J connectivity index is 3.34. The smallest absolute Gasteiger partial charge is 0.303 e. The summed E-state index contributed by atoms with van der Waals surface area (Å²) >= 11 is 0. The monoisotopic (exact) mass is 453 g/mol. The second-order valence-corrected chi connectivity index (χ2v) is 8.91. The summed E-state index contributed by atoms with van der Waals surface area (Å²) < 4.78 is 0. The van der Waals surface area contributed by atoms with Gasteiger partial charge in [0.25, 0.3) is 0 Å². The highest BCUT2D eigenvalue weighted by atomic mass is 16.4. The lowest BCUT2D eigenvalue weighted by atomic mass is 10.0. The molecular formula is C26H47NO5. The molecule has 1 atom stereocenters. The third kappa shape index (κ3) is 21.4. The van der Waals surface area contributed by atoms with Gasteiger partial charge in [0.05, 0.1) is 6.04 Å². The van der Waals surface area contributed by atoms with Crippen molar-refractivity contribution in [3.8, 4) is 0 Å². The first-order chi connectivity index (χ1) is 15.5. The molecule has 0 aliphatic rings. The maximum atomic E-state index is 11.9. The highest BCUT2D eigenvalue weighted by Gasteiger charge is 2.14. The predicted octanol–water partition coefficient (Wildman–Crippen LogP) is 6.63. The molecule has 32 heavy (non-hydrogen) atoms. The number of hydrogen-bond donors (Lipinski definition) is 3. The first-order valence-electron chi connectivity index (χ1n) is 12.8. The number of carboxylic acid groups (broad SMARTS) is 1. The summed E-state index contributed by atoms with van der Waals surface area (Å²) in [6, 6.07) is -0.525. The molecule has 0 radical (unpaired) electrons. The van der Waals surface area contributed by atoms with E-state index in [1.807, 2.05) is 0 Å². The molecule has 0 bridgehead atoms. The Labute approximate surface area is 195 Å². The van der Waals surface area contributed by atoms with Gasteiger partial charge in [-0.3, -0.25) is 9.59 Å². The van der Waals surface area contributed by atoms with E-state index < -0.39 is 12.0 Å². The van der Waals surface area contributed by atoms with Gasteiger partial charge in [0, 0.05) is 19.3 Å². The summed E-state index contributed by atoms with van der Waals surface area (Å²) in [5.74, 6) is -0.863. The molecule has 0 heterocycles. The molecule has 6 heteroatoms. The number of amides is 1. The molecule has 0 saturated carbocycles. The molecule has 1 amide bonds. The summed E-state index contributed by atoms with van der Waals surface area (Å²) in [6.45, 7) is 3.46. The number of aldehydes is 1. The van der Waals surface area contributed by atoms with Crippen LogP contribution in [0.15, 0.2) is 12.3 Å². The van der Waals surface area contributed by atoms with Crippen LogP contribution in [0.3, 0.4) is 0 Å². The molecule has 0 aromatic heterocycles. The Bertz CT molecular complexity index is 506. The fraction of sp³-hybridized carbons (Fsp3) is 0.808. The average molecular weight is 454 g/mol. The third-order valence-electron chi connectivity index (χ3n) is 5.86. The van der Waals surface area contributed by atoms with Crippen LogP contribution in [0.2, 0.25) is 0 Å². The van der Waals surface area contributed by atoms with E-state index in [2.05, 4.69) is 11.9 Å². The zero-order valence-electron chi connectivity index (χ0n) is 20.1. The summed E-state index contributed by atoms with van der Waals surface area (Å²) in [5.41, 5.74) is 0. The van der Waals surface area contributed by atoms with Crippen LogP contribution in [0.1, 0.15) is 128 Å². The van der Waals surface area contributed by atoms with Crippen molar-refractivity contribution in [3.05, 3.63) is 12.3 Å². The van der Waals surface area contributed by atoms with Gasteiger partial charge in [-0.2, -0.15) is 0 Å². The number of aliphatic hydroxyl groups is 1. The van der Waals surface area contributed by atoms with Gasteiger partial charge in [-0.05, 0) is 19.3 Å². The number of unbranched alkanes of at least 4 members (excludes halogenated alkanes) is 15. The quantitative estimate of drug-likeness (QED) is 0.0864. The van der Waals surface area contributed by atoms with Crippen molar-refractivity contribution in [2.45, 2.75) is 134 Å². The van der Waals surface area contributed by atoms with E-state index in [9.17, 15) is 19.5 Å². The van der Waals surface area contributed by atoms with Crippen molar-refractivity contribution in [2.75, 3.05) is 0 Å². The largest absolute Gasteiger partial charge is 0.511 e. The molecular weight excluding hydrogens is 406 g/mol. The SMILES string of the molecule is C=C(O)C(CCC=O)NC(=O)CCCCCCCCCCCCCCCCCCC(=O)O. The van der Waals surface area contributed by atoms with Crippen LogP contribution in [0.5, 0.6) is 0 Å². The molecule has 3 N–H and O–H groups in total. The van der Waals surface area contributed by atoms with Crippen LogP contribution in [-0.4, -0.2) is 34.4 Å². The molecule has 0 aliphatic heterocycles. The average Bonchev–Trinajstić information content (AvgIpc) is 2.75. The van der Waals surface area contributed by atoms with Gasteiger partial charge >= 0.3 is 5.97 Å². The molecule has 6 nitrogen and oxygen atoms in total. The lowest BCUT2D eigenvalue weighted by molar-refractivity contribution is -0.137. The maximum Gasteiger partial charge on any atom is 0.303 e. The zero-order chi connectivity index (χ0) is 23.9. The van der Waals surface area contributed by atoms with Crippen molar-refractivity contribution in [2.24, 2.45) is 0 Å². The van der Waals surface area contributed by atoms with Crippen molar-refractivity contribution in [1.82, 2.24) is 5.32 Å². The van der Waals surface area contributed by atoms with Crippen LogP contribution in [0.4, 0.5) is 0 Å². The first-order valence-corrected chi connectivity index (χ1v) is 12.8. The van der Waals surface area contributed by atoms with Crippen molar-refractivity contribution >= 4 is 18.2 Å². The molecule has 0 aliphatic carbocycles. The second kappa shape index (κ2) is 22.3. The van der Waals surface area contributed by atoms with E-state index in [4.69, 9.17) is 5.11 Å². The van der Waals surface area contributed by atoms with Crippen molar-refractivity contribution < 1.29 is 24.6 Å². The van der Waals surface area contributed by atoms with E-state index in [1.54, 1.807) is 0 Å². The fourth-order valence-electron chi connectivity index (χ4n) is 3.86. The zero-order valence-corrected chi connectivity index (χ0v) is 20.1. The topological polar surface area (TPSA) is 104 Å². The number of aliphatic hydroxyl groups excluding tert-OH is 1. The predicted molar refractivity (Wildman–Crippen MR) is 130 cm³/mol.